The summed E-state index contributed by atoms with van der Waals surface area (Å²) in [5, 5.41) is 9.73. The first-order valence-electron chi connectivity index (χ1n) is 6.19. The fraction of sp³-hybridized carbons (Fsp3) is 0.500. The topological polar surface area (TPSA) is 92.4 Å². The van der Waals surface area contributed by atoms with E-state index in [1.807, 2.05) is 0 Å². The van der Waals surface area contributed by atoms with Gasteiger partial charge in [0.05, 0.1) is 22.9 Å². The van der Waals surface area contributed by atoms with Gasteiger partial charge in [-0.05, 0) is 25.0 Å². The molecule has 4 N–H and O–H groups in total. The zero-order valence-corrected chi connectivity index (χ0v) is 13.0. The number of aliphatic hydroxyl groups excluding tert-OH is 1. The first-order chi connectivity index (χ1) is 9.30. The van der Waals surface area contributed by atoms with Gasteiger partial charge in [-0.25, -0.2) is 13.1 Å². The first kappa shape index (κ1) is 15.9. The molecular weight excluding hydrogens is 323 g/mol. The molecule has 0 aliphatic heterocycles. The smallest absolute Gasteiger partial charge is 0.244 e. The quantitative estimate of drug-likeness (QED) is 0.733. The number of nitrogens with one attached hydrogen (secondary N) is 1. The van der Waals surface area contributed by atoms with Gasteiger partial charge in [0.15, 0.2) is 0 Å². The Kier molecular flexibility index (Phi) is 4.51. The summed E-state index contributed by atoms with van der Waals surface area (Å²) in [5.74, 6) is 0. The average Bonchev–Trinajstić information content (AvgIpc) is 2.75. The lowest BCUT2D eigenvalue weighted by Gasteiger charge is -2.28. The Morgan fingerprint density at radius 1 is 1.30 bits per heavy atom. The normalized spacial score (nSPS) is 18.4. The molecule has 20 heavy (non-hydrogen) atoms. The third-order valence-corrected chi connectivity index (χ3v) is 5.84. The van der Waals surface area contributed by atoms with Crippen LogP contribution in [0.3, 0.4) is 0 Å². The molecule has 2 rings (SSSR count). The highest BCUT2D eigenvalue weighted by Gasteiger charge is 2.38. The van der Waals surface area contributed by atoms with Crippen molar-refractivity contribution in [3.8, 4) is 0 Å². The summed E-state index contributed by atoms with van der Waals surface area (Å²) in [6, 6.07) is 2.66. The second-order valence-electron chi connectivity index (χ2n) is 5.06. The minimum absolute atomic E-state index is 0.0129. The van der Waals surface area contributed by atoms with E-state index in [1.165, 1.54) is 12.1 Å². The van der Waals surface area contributed by atoms with E-state index >= 15 is 0 Å². The zero-order valence-electron chi connectivity index (χ0n) is 10.7. The van der Waals surface area contributed by atoms with Crippen LogP contribution in [0.15, 0.2) is 17.0 Å². The second kappa shape index (κ2) is 5.69. The Balaban J connectivity index is 2.41. The molecule has 5 nitrogen and oxygen atoms in total. The van der Waals surface area contributed by atoms with Crippen LogP contribution in [0.1, 0.15) is 25.7 Å². The van der Waals surface area contributed by atoms with Crippen molar-refractivity contribution in [1.82, 2.24) is 4.72 Å². The highest BCUT2D eigenvalue weighted by molar-refractivity contribution is 7.89. The van der Waals surface area contributed by atoms with Crippen LogP contribution in [0.2, 0.25) is 10.0 Å². The van der Waals surface area contributed by atoms with Crippen molar-refractivity contribution in [2.75, 3.05) is 12.3 Å². The molecule has 1 aromatic carbocycles. The summed E-state index contributed by atoms with van der Waals surface area (Å²) < 4.78 is 27.5. The van der Waals surface area contributed by atoms with Crippen LogP contribution in [-0.4, -0.2) is 25.7 Å². The molecule has 0 unspecified atom stereocenters. The Hall–Kier alpha value is -0.530. The number of sulfonamides is 1. The molecule has 112 valence electrons. The lowest BCUT2D eigenvalue weighted by Crippen LogP contribution is -2.49. The third kappa shape index (κ3) is 3.04. The van der Waals surface area contributed by atoms with Crippen molar-refractivity contribution in [2.24, 2.45) is 0 Å². The van der Waals surface area contributed by atoms with E-state index in [4.69, 9.17) is 28.9 Å². The van der Waals surface area contributed by atoms with Crippen LogP contribution >= 0.6 is 23.2 Å². The number of nitrogens with two attached hydrogens (primary N) is 1. The van der Waals surface area contributed by atoms with E-state index in [9.17, 15) is 13.5 Å². The molecule has 0 atom stereocenters. The predicted molar refractivity (Wildman–Crippen MR) is 79.5 cm³/mol. The Bertz CT molecular complexity index is 590. The number of hydrogen-bond acceptors (Lipinski definition) is 4. The summed E-state index contributed by atoms with van der Waals surface area (Å²) in [5.41, 5.74) is 4.88. The van der Waals surface area contributed by atoms with Crippen molar-refractivity contribution >= 4 is 38.9 Å². The van der Waals surface area contributed by atoms with Gasteiger partial charge in [-0.1, -0.05) is 36.0 Å². The maximum absolute atomic E-state index is 12.5. The van der Waals surface area contributed by atoms with E-state index in [2.05, 4.69) is 4.72 Å². The van der Waals surface area contributed by atoms with Crippen molar-refractivity contribution < 1.29 is 13.5 Å². The summed E-state index contributed by atoms with van der Waals surface area (Å²) in [6.45, 7) is -0.253. The van der Waals surface area contributed by atoms with Gasteiger partial charge in [0.2, 0.25) is 10.0 Å². The van der Waals surface area contributed by atoms with Crippen molar-refractivity contribution in [3.05, 3.63) is 22.2 Å². The molecule has 8 heteroatoms. The number of anilines is 1. The van der Waals surface area contributed by atoms with E-state index in [0.29, 0.717) is 12.8 Å². The zero-order chi connectivity index (χ0) is 15.0. The molecule has 1 aromatic rings. The highest BCUT2D eigenvalue weighted by Crippen LogP contribution is 2.35. The number of hydrogen-bond donors (Lipinski definition) is 3. The van der Waals surface area contributed by atoms with Gasteiger partial charge in [0.1, 0.15) is 4.90 Å². The largest absolute Gasteiger partial charge is 0.398 e. The number of rotatable bonds is 4. The standard InChI is InChI=1S/C12H16Cl2N2O3S/c13-8-5-9(14)11(10(15)6-8)20(18,19)16-12(7-17)3-1-2-4-12/h5-6,16-17H,1-4,7,15H2. The van der Waals surface area contributed by atoms with Crippen LogP contribution in [-0.2, 0) is 10.0 Å². The monoisotopic (exact) mass is 338 g/mol. The van der Waals surface area contributed by atoms with Crippen LogP contribution in [0.25, 0.3) is 0 Å². The minimum Gasteiger partial charge on any atom is -0.398 e. The van der Waals surface area contributed by atoms with Crippen LogP contribution < -0.4 is 10.5 Å². The summed E-state index contributed by atoms with van der Waals surface area (Å²) in [7, 11) is -3.92. The molecule has 0 aromatic heterocycles. The molecule has 1 aliphatic carbocycles. The van der Waals surface area contributed by atoms with E-state index in [1.54, 1.807) is 0 Å². The predicted octanol–water partition coefficient (Wildman–Crippen LogP) is 2.16. The lowest BCUT2D eigenvalue weighted by atomic mass is 10.0. The van der Waals surface area contributed by atoms with Gasteiger partial charge in [0.25, 0.3) is 0 Å². The first-order valence-corrected chi connectivity index (χ1v) is 8.43. The van der Waals surface area contributed by atoms with Gasteiger partial charge in [-0.2, -0.15) is 0 Å². The van der Waals surface area contributed by atoms with Gasteiger partial charge in [-0.15, -0.1) is 0 Å². The number of halogens is 2. The molecule has 0 amide bonds. The highest BCUT2D eigenvalue weighted by atomic mass is 35.5. The number of aliphatic hydroxyl groups is 1. The van der Waals surface area contributed by atoms with Crippen molar-refractivity contribution in [3.63, 3.8) is 0 Å². The minimum atomic E-state index is -3.92. The second-order valence-corrected chi connectivity index (χ2v) is 7.52. The fourth-order valence-corrected chi connectivity index (χ4v) is 4.98. The average molecular weight is 339 g/mol. The van der Waals surface area contributed by atoms with Gasteiger partial charge in [0, 0.05) is 5.02 Å². The summed E-state index contributed by atoms with van der Waals surface area (Å²) in [6.07, 6.45) is 2.92. The molecular formula is C12H16Cl2N2O3S. The maximum atomic E-state index is 12.5. The third-order valence-electron chi connectivity index (χ3n) is 3.52. The summed E-state index contributed by atoms with van der Waals surface area (Å²) >= 11 is 11.7. The molecule has 1 fully saturated rings. The molecule has 0 radical (unpaired) electrons. The summed E-state index contributed by atoms with van der Waals surface area (Å²) in [4.78, 5) is -0.191. The molecule has 1 saturated carbocycles. The molecule has 0 spiro atoms. The molecule has 1 aliphatic rings. The van der Waals surface area contributed by atoms with E-state index < -0.39 is 15.6 Å². The number of nitrogen functional groups attached to an aromatic ring is 1. The van der Waals surface area contributed by atoms with Gasteiger partial charge in [-0.3, -0.25) is 0 Å². The molecule has 0 saturated heterocycles. The van der Waals surface area contributed by atoms with Crippen molar-refractivity contribution in [1.29, 1.82) is 0 Å². The lowest BCUT2D eigenvalue weighted by molar-refractivity contribution is 0.185. The number of benzene rings is 1. The SMILES string of the molecule is Nc1cc(Cl)cc(Cl)c1S(=O)(=O)NC1(CO)CCCC1. The van der Waals surface area contributed by atoms with Gasteiger partial charge < -0.3 is 10.8 Å². The maximum Gasteiger partial charge on any atom is 0.244 e. The molecule has 0 heterocycles. The molecule has 0 bridgehead atoms. The fourth-order valence-electron chi connectivity index (χ4n) is 2.54. The van der Waals surface area contributed by atoms with Crippen molar-refractivity contribution in [2.45, 2.75) is 36.1 Å². The van der Waals surface area contributed by atoms with E-state index in [-0.39, 0.29) is 27.2 Å². The van der Waals surface area contributed by atoms with Crippen LogP contribution in [0.5, 0.6) is 0 Å². The van der Waals surface area contributed by atoms with Crippen LogP contribution in [0, 0.1) is 0 Å². The van der Waals surface area contributed by atoms with Crippen LogP contribution in [0.4, 0.5) is 5.69 Å². The Morgan fingerprint density at radius 3 is 2.40 bits per heavy atom. The van der Waals surface area contributed by atoms with Gasteiger partial charge >= 0.3 is 0 Å². The van der Waals surface area contributed by atoms with E-state index in [0.717, 1.165) is 12.8 Å². The Morgan fingerprint density at radius 2 is 1.90 bits per heavy atom. The Labute approximate surface area is 128 Å².